The lowest BCUT2D eigenvalue weighted by molar-refractivity contribution is 0.241. The Kier molecular flexibility index (Phi) is 2.91. The van der Waals surface area contributed by atoms with Crippen molar-refractivity contribution in [2.75, 3.05) is 6.54 Å². The number of hydrogen-bond donors (Lipinski definition) is 2. The maximum absolute atomic E-state index is 5.48. The van der Waals surface area contributed by atoms with Gasteiger partial charge in [0.25, 0.3) is 0 Å². The molecule has 2 aromatic rings. The molecular formula is C13H18N4O. The number of aromatic nitrogens is 3. The highest BCUT2D eigenvalue weighted by Crippen LogP contribution is 2.34. The number of hydrogen-bond acceptors (Lipinski definition) is 4. The van der Waals surface area contributed by atoms with Crippen LogP contribution in [0, 0.1) is 0 Å². The van der Waals surface area contributed by atoms with Gasteiger partial charge in [-0.1, -0.05) is 18.5 Å². The van der Waals surface area contributed by atoms with E-state index in [1.54, 1.807) is 0 Å². The molecule has 1 atom stereocenters. The second-order valence-electron chi connectivity index (χ2n) is 4.87. The van der Waals surface area contributed by atoms with Gasteiger partial charge < -0.3 is 14.8 Å². The van der Waals surface area contributed by atoms with Crippen molar-refractivity contribution in [1.82, 2.24) is 20.4 Å². The van der Waals surface area contributed by atoms with Crippen LogP contribution in [-0.2, 0) is 5.54 Å². The summed E-state index contributed by atoms with van der Waals surface area (Å²) < 4.78 is 5.48. The summed E-state index contributed by atoms with van der Waals surface area (Å²) in [5, 5.41) is 7.61. The van der Waals surface area contributed by atoms with Crippen LogP contribution < -0.4 is 5.32 Å². The van der Waals surface area contributed by atoms with Gasteiger partial charge in [-0.3, -0.25) is 0 Å². The monoisotopic (exact) mass is 246 g/mol. The van der Waals surface area contributed by atoms with Gasteiger partial charge >= 0.3 is 0 Å². The Hall–Kier alpha value is -1.62. The largest absolute Gasteiger partial charge is 0.359 e. The van der Waals surface area contributed by atoms with Crippen LogP contribution >= 0.6 is 0 Å². The van der Waals surface area contributed by atoms with Gasteiger partial charge in [-0.05, 0) is 37.9 Å². The molecule has 0 aromatic carbocycles. The minimum absolute atomic E-state index is 0.105. The van der Waals surface area contributed by atoms with E-state index in [1.807, 2.05) is 18.3 Å². The molecule has 96 valence electrons. The summed E-state index contributed by atoms with van der Waals surface area (Å²) in [5.41, 5.74) is 0.793. The maximum Gasteiger partial charge on any atom is 0.247 e. The molecule has 1 saturated heterocycles. The van der Waals surface area contributed by atoms with Gasteiger partial charge in [-0.2, -0.15) is 4.98 Å². The van der Waals surface area contributed by atoms with Crippen molar-refractivity contribution in [2.24, 2.45) is 0 Å². The molecule has 0 saturated carbocycles. The summed E-state index contributed by atoms with van der Waals surface area (Å²) in [6.07, 6.45) is 6.25. The van der Waals surface area contributed by atoms with Crippen molar-refractivity contribution < 1.29 is 4.52 Å². The summed E-state index contributed by atoms with van der Waals surface area (Å²) in [6.45, 7) is 3.21. The summed E-state index contributed by atoms with van der Waals surface area (Å²) in [4.78, 5) is 7.65. The molecule has 2 aromatic heterocycles. The topological polar surface area (TPSA) is 66.7 Å². The third-order valence-corrected chi connectivity index (χ3v) is 3.59. The van der Waals surface area contributed by atoms with E-state index < -0.39 is 0 Å². The van der Waals surface area contributed by atoms with Crippen LogP contribution in [0.3, 0.4) is 0 Å². The van der Waals surface area contributed by atoms with E-state index in [1.165, 1.54) is 6.42 Å². The van der Waals surface area contributed by atoms with E-state index in [0.29, 0.717) is 5.82 Å². The smallest absolute Gasteiger partial charge is 0.247 e. The lowest BCUT2D eigenvalue weighted by Crippen LogP contribution is -2.36. The molecule has 0 aliphatic carbocycles. The summed E-state index contributed by atoms with van der Waals surface area (Å²) in [5.74, 6) is 1.37. The molecule has 0 spiro atoms. The molecular weight excluding hydrogens is 228 g/mol. The Morgan fingerprint density at radius 3 is 3.11 bits per heavy atom. The standard InChI is InChI=1S/C13H18N4O/c1-2-6-13(7-4-9-15-13)12-16-11(17-18-12)10-5-3-8-14-10/h3,5,8,14-15H,2,4,6-7,9H2,1H3. The number of rotatable bonds is 4. The molecule has 1 aliphatic heterocycles. The van der Waals surface area contributed by atoms with Gasteiger partial charge in [0.15, 0.2) is 0 Å². The fourth-order valence-corrected chi connectivity index (χ4v) is 2.73. The zero-order valence-electron chi connectivity index (χ0n) is 10.6. The Morgan fingerprint density at radius 1 is 1.50 bits per heavy atom. The van der Waals surface area contributed by atoms with Crippen molar-refractivity contribution in [1.29, 1.82) is 0 Å². The van der Waals surface area contributed by atoms with Crippen molar-refractivity contribution in [3.63, 3.8) is 0 Å². The van der Waals surface area contributed by atoms with E-state index in [0.717, 1.165) is 37.4 Å². The zero-order valence-corrected chi connectivity index (χ0v) is 10.6. The lowest BCUT2D eigenvalue weighted by Gasteiger charge is -2.24. The highest BCUT2D eigenvalue weighted by molar-refractivity contribution is 5.48. The van der Waals surface area contributed by atoms with Gasteiger partial charge in [0.1, 0.15) is 0 Å². The first-order valence-electron chi connectivity index (χ1n) is 6.57. The first-order chi connectivity index (χ1) is 8.84. The molecule has 0 radical (unpaired) electrons. The van der Waals surface area contributed by atoms with Crippen LogP contribution in [0.5, 0.6) is 0 Å². The SMILES string of the molecule is CCCC1(c2nc(-c3ccc[nH]3)no2)CCCN1. The van der Waals surface area contributed by atoms with Crippen LogP contribution in [-0.4, -0.2) is 21.7 Å². The summed E-state index contributed by atoms with van der Waals surface area (Å²) in [7, 11) is 0. The van der Waals surface area contributed by atoms with Crippen LogP contribution in [0.25, 0.3) is 11.5 Å². The van der Waals surface area contributed by atoms with E-state index in [2.05, 4.69) is 27.4 Å². The number of H-pyrrole nitrogens is 1. The molecule has 1 fully saturated rings. The summed E-state index contributed by atoms with van der Waals surface area (Å²) >= 11 is 0. The van der Waals surface area contributed by atoms with Crippen molar-refractivity contribution in [3.05, 3.63) is 24.2 Å². The molecule has 1 aliphatic rings. The molecule has 0 bridgehead atoms. The molecule has 2 N–H and O–H groups in total. The van der Waals surface area contributed by atoms with Crippen LogP contribution in [0.2, 0.25) is 0 Å². The predicted molar refractivity (Wildman–Crippen MR) is 67.9 cm³/mol. The first kappa shape index (κ1) is 11.5. The second kappa shape index (κ2) is 4.57. The average Bonchev–Trinajstić information content (AvgIpc) is 3.11. The Bertz CT molecular complexity index is 497. The van der Waals surface area contributed by atoms with Crippen molar-refractivity contribution in [3.8, 4) is 11.5 Å². The minimum atomic E-state index is -0.105. The molecule has 5 heteroatoms. The minimum Gasteiger partial charge on any atom is -0.359 e. The number of nitrogens with zero attached hydrogens (tertiary/aromatic N) is 2. The average molecular weight is 246 g/mol. The van der Waals surface area contributed by atoms with Crippen molar-refractivity contribution >= 4 is 0 Å². The maximum atomic E-state index is 5.48. The normalized spacial score (nSPS) is 23.6. The Balaban J connectivity index is 1.92. The third-order valence-electron chi connectivity index (χ3n) is 3.59. The van der Waals surface area contributed by atoms with Crippen LogP contribution in [0.4, 0.5) is 0 Å². The quantitative estimate of drug-likeness (QED) is 0.869. The van der Waals surface area contributed by atoms with Crippen LogP contribution in [0.15, 0.2) is 22.9 Å². The van der Waals surface area contributed by atoms with Crippen LogP contribution in [0.1, 0.15) is 38.5 Å². The molecule has 3 rings (SSSR count). The predicted octanol–water partition coefficient (Wildman–Crippen LogP) is 2.44. The Labute approximate surface area is 106 Å². The van der Waals surface area contributed by atoms with Gasteiger partial charge in [0.05, 0.1) is 11.2 Å². The van der Waals surface area contributed by atoms with E-state index in [-0.39, 0.29) is 5.54 Å². The highest BCUT2D eigenvalue weighted by atomic mass is 16.5. The highest BCUT2D eigenvalue weighted by Gasteiger charge is 2.39. The van der Waals surface area contributed by atoms with Gasteiger partial charge in [-0.15, -0.1) is 0 Å². The fourth-order valence-electron chi connectivity index (χ4n) is 2.73. The van der Waals surface area contributed by atoms with Gasteiger partial charge in [0, 0.05) is 6.20 Å². The number of aromatic amines is 1. The van der Waals surface area contributed by atoms with Crippen molar-refractivity contribution in [2.45, 2.75) is 38.1 Å². The zero-order chi connectivity index (χ0) is 12.4. The first-order valence-corrected chi connectivity index (χ1v) is 6.57. The third kappa shape index (κ3) is 1.84. The van der Waals surface area contributed by atoms with E-state index in [9.17, 15) is 0 Å². The summed E-state index contributed by atoms with van der Waals surface area (Å²) in [6, 6.07) is 3.88. The lowest BCUT2D eigenvalue weighted by atomic mass is 9.92. The molecule has 3 heterocycles. The molecule has 18 heavy (non-hydrogen) atoms. The molecule has 1 unspecified atom stereocenters. The van der Waals surface area contributed by atoms with Gasteiger partial charge in [0.2, 0.25) is 11.7 Å². The van der Waals surface area contributed by atoms with E-state index >= 15 is 0 Å². The number of nitrogens with one attached hydrogen (secondary N) is 2. The fraction of sp³-hybridized carbons (Fsp3) is 0.538. The second-order valence-corrected chi connectivity index (χ2v) is 4.87. The molecule has 5 nitrogen and oxygen atoms in total. The van der Waals surface area contributed by atoms with Gasteiger partial charge in [-0.25, -0.2) is 0 Å². The molecule has 0 amide bonds. The Morgan fingerprint density at radius 2 is 2.44 bits per heavy atom. The van der Waals surface area contributed by atoms with E-state index in [4.69, 9.17) is 4.52 Å².